The van der Waals surface area contributed by atoms with E-state index in [-0.39, 0.29) is 6.54 Å². The Morgan fingerprint density at radius 1 is 1.13 bits per heavy atom. The molecule has 6 heteroatoms. The number of rotatable bonds is 9. The van der Waals surface area contributed by atoms with Crippen LogP contribution in [-0.2, 0) is 6.54 Å². The summed E-state index contributed by atoms with van der Waals surface area (Å²) in [4.78, 5) is 1.92. The number of methoxy groups -OCH3 is 2. The van der Waals surface area contributed by atoms with Gasteiger partial charge >= 0.3 is 0 Å². The maximum atomic E-state index is 13.9. The highest BCUT2D eigenvalue weighted by Crippen LogP contribution is 2.39. The Balaban J connectivity index is 1.91. The summed E-state index contributed by atoms with van der Waals surface area (Å²) in [6.45, 7) is 5.71. The number of aliphatic hydroxyl groups is 1. The highest BCUT2D eigenvalue weighted by atomic mass is 19.1. The van der Waals surface area contributed by atoms with Crippen LogP contribution in [0.15, 0.2) is 48.0 Å². The molecule has 3 rings (SSSR count). The predicted molar refractivity (Wildman–Crippen MR) is 121 cm³/mol. The molecule has 0 radical (unpaired) electrons. The first-order valence-corrected chi connectivity index (χ1v) is 10.6. The predicted octanol–water partition coefficient (Wildman–Crippen LogP) is 4.62. The number of benzene rings is 2. The molecule has 1 aliphatic rings. The number of halogens is 1. The summed E-state index contributed by atoms with van der Waals surface area (Å²) in [6, 6.07) is 11.7. The van der Waals surface area contributed by atoms with E-state index in [1.807, 2.05) is 41.3 Å². The Kier molecular flexibility index (Phi) is 7.93. The van der Waals surface area contributed by atoms with Crippen molar-refractivity contribution in [2.75, 3.05) is 33.9 Å². The number of para-hydroxylation sites is 1. The lowest BCUT2D eigenvalue weighted by molar-refractivity contribution is 0.115. The molecule has 2 atom stereocenters. The van der Waals surface area contributed by atoms with Crippen molar-refractivity contribution in [3.8, 4) is 28.4 Å². The number of ether oxygens (including phenoxy) is 3. The molecule has 1 fully saturated rings. The lowest BCUT2D eigenvalue weighted by atomic mass is 10.0. The van der Waals surface area contributed by atoms with Gasteiger partial charge in [-0.3, -0.25) is 4.90 Å². The van der Waals surface area contributed by atoms with E-state index >= 15 is 0 Å². The van der Waals surface area contributed by atoms with E-state index in [9.17, 15) is 9.50 Å². The van der Waals surface area contributed by atoms with Crippen LogP contribution in [-0.4, -0.2) is 56.2 Å². The third-order valence-corrected chi connectivity index (χ3v) is 5.39. The van der Waals surface area contributed by atoms with E-state index in [2.05, 4.69) is 19.9 Å². The Morgan fingerprint density at radius 2 is 1.94 bits per heavy atom. The quantitative estimate of drug-likeness (QED) is 0.466. The fraction of sp³-hybridized carbons (Fsp3) is 0.440. The number of hydrogen-bond acceptors (Lipinski definition) is 5. The molecule has 0 saturated carbocycles. The number of alkyl halides is 1. The van der Waals surface area contributed by atoms with Gasteiger partial charge in [0.25, 0.3) is 0 Å². The van der Waals surface area contributed by atoms with Gasteiger partial charge in [0.1, 0.15) is 11.9 Å². The van der Waals surface area contributed by atoms with E-state index < -0.39 is 12.3 Å². The van der Waals surface area contributed by atoms with E-state index in [1.165, 1.54) is 5.57 Å². The van der Waals surface area contributed by atoms with Crippen molar-refractivity contribution < 1.29 is 23.7 Å². The molecule has 2 aromatic rings. The van der Waals surface area contributed by atoms with Crippen LogP contribution in [0.2, 0.25) is 0 Å². The minimum atomic E-state index is -1.22. The zero-order valence-electron chi connectivity index (χ0n) is 18.7. The zero-order valence-corrected chi connectivity index (χ0v) is 18.7. The largest absolute Gasteiger partial charge is 0.493 e. The van der Waals surface area contributed by atoms with Gasteiger partial charge in [0, 0.05) is 30.8 Å². The molecule has 1 heterocycles. The van der Waals surface area contributed by atoms with Crippen LogP contribution in [0.4, 0.5) is 4.39 Å². The molecule has 1 aliphatic heterocycles. The highest BCUT2D eigenvalue weighted by Gasteiger charge is 2.31. The van der Waals surface area contributed by atoms with E-state index in [1.54, 1.807) is 14.2 Å². The summed E-state index contributed by atoms with van der Waals surface area (Å²) in [5.74, 6) is 2.09. The molecule has 1 N–H and O–H groups in total. The van der Waals surface area contributed by atoms with Gasteiger partial charge in [-0.2, -0.15) is 0 Å². The van der Waals surface area contributed by atoms with Crippen molar-refractivity contribution in [1.82, 2.24) is 4.90 Å². The standard InChI is InChI=1S/C25H32FNO4/c1-17(2)7-6-12-31-23-11-10-18(20-8-5-9-24(29-3)25(20)30-4)13-19(23)14-27-15-21(26)22(28)16-27/h5,7-11,13,21-22,28H,6,12,14-16H2,1-4H3/t21-,22-/m1/s1. The van der Waals surface area contributed by atoms with Crippen molar-refractivity contribution >= 4 is 0 Å². The summed E-state index contributed by atoms with van der Waals surface area (Å²) in [6.07, 6.45) is 0.800. The fourth-order valence-corrected chi connectivity index (χ4v) is 3.83. The molecule has 168 valence electrons. The first-order valence-electron chi connectivity index (χ1n) is 10.6. The molecule has 0 spiro atoms. The van der Waals surface area contributed by atoms with Gasteiger partial charge in [0.15, 0.2) is 11.5 Å². The molecule has 0 bridgehead atoms. The Hall–Kier alpha value is -2.57. The molecule has 31 heavy (non-hydrogen) atoms. The van der Waals surface area contributed by atoms with Crippen LogP contribution in [0.5, 0.6) is 17.2 Å². The fourth-order valence-electron chi connectivity index (χ4n) is 3.83. The van der Waals surface area contributed by atoms with Gasteiger partial charge in [-0.1, -0.05) is 29.8 Å². The summed E-state index contributed by atoms with van der Waals surface area (Å²) in [7, 11) is 3.23. The maximum absolute atomic E-state index is 13.9. The number of hydrogen-bond donors (Lipinski definition) is 1. The van der Waals surface area contributed by atoms with Crippen LogP contribution in [0.3, 0.4) is 0 Å². The average molecular weight is 430 g/mol. The van der Waals surface area contributed by atoms with E-state index in [4.69, 9.17) is 14.2 Å². The van der Waals surface area contributed by atoms with Crippen molar-refractivity contribution in [1.29, 1.82) is 0 Å². The van der Waals surface area contributed by atoms with Crippen molar-refractivity contribution in [2.45, 2.75) is 39.1 Å². The van der Waals surface area contributed by atoms with Crippen LogP contribution in [0.1, 0.15) is 25.8 Å². The SMILES string of the molecule is COc1cccc(-c2ccc(OCCC=C(C)C)c(CN3C[C@@H](O)[C@H](F)C3)c2)c1OC. The molecule has 0 amide bonds. The van der Waals surface area contributed by atoms with Gasteiger partial charge in [-0.25, -0.2) is 4.39 Å². The molecule has 0 aromatic heterocycles. The average Bonchev–Trinajstić information content (AvgIpc) is 3.07. The smallest absolute Gasteiger partial charge is 0.168 e. The Labute approximate surface area is 184 Å². The lowest BCUT2D eigenvalue weighted by Gasteiger charge is -2.20. The van der Waals surface area contributed by atoms with Crippen molar-refractivity contribution in [2.24, 2.45) is 0 Å². The summed E-state index contributed by atoms with van der Waals surface area (Å²) in [5, 5.41) is 9.81. The van der Waals surface area contributed by atoms with E-state index in [0.29, 0.717) is 31.2 Å². The third kappa shape index (κ3) is 5.77. The van der Waals surface area contributed by atoms with Crippen LogP contribution in [0.25, 0.3) is 11.1 Å². The lowest BCUT2D eigenvalue weighted by Crippen LogP contribution is -2.22. The monoisotopic (exact) mass is 429 g/mol. The minimum Gasteiger partial charge on any atom is -0.493 e. The summed E-state index contributed by atoms with van der Waals surface area (Å²) >= 11 is 0. The summed E-state index contributed by atoms with van der Waals surface area (Å²) < 4.78 is 31.0. The second-order valence-corrected chi connectivity index (χ2v) is 8.06. The zero-order chi connectivity index (χ0) is 22.4. The topological polar surface area (TPSA) is 51.2 Å². The van der Waals surface area contributed by atoms with Crippen molar-refractivity contribution in [3.63, 3.8) is 0 Å². The van der Waals surface area contributed by atoms with Gasteiger partial charge in [-0.05, 0) is 44.0 Å². The van der Waals surface area contributed by atoms with Gasteiger partial charge < -0.3 is 19.3 Å². The van der Waals surface area contributed by atoms with Gasteiger partial charge in [-0.15, -0.1) is 0 Å². The molecule has 1 saturated heterocycles. The van der Waals surface area contributed by atoms with Gasteiger partial charge in [0.2, 0.25) is 0 Å². The first kappa shape index (κ1) is 23.1. The minimum absolute atomic E-state index is 0.213. The summed E-state index contributed by atoms with van der Waals surface area (Å²) in [5.41, 5.74) is 4.06. The van der Waals surface area contributed by atoms with Gasteiger partial charge in [0.05, 0.1) is 26.9 Å². The van der Waals surface area contributed by atoms with Crippen LogP contribution < -0.4 is 14.2 Å². The number of nitrogens with zero attached hydrogens (tertiary/aromatic N) is 1. The molecule has 5 nitrogen and oxygen atoms in total. The van der Waals surface area contributed by atoms with Crippen LogP contribution in [0, 0.1) is 0 Å². The first-order chi connectivity index (χ1) is 14.9. The molecule has 0 unspecified atom stereocenters. The normalized spacial score (nSPS) is 18.6. The molecular formula is C25H32FNO4. The highest BCUT2D eigenvalue weighted by molar-refractivity contribution is 5.75. The number of allylic oxidation sites excluding steroid dienone is 1. The molecule has 2 aromatic carbocycles. The third-order valence-electron chi connectivity index (χ3n) is 5.39. The van der Waals surface area contributed by atoms with Crippen molar-refractivity contribution in [3.05, 3.63) is 53.6 Å². The maximum Gasteiger partial charge on any atom is 0.168 e. The molecule has 0 aliphatic carbocycles. The number of β-amino-alcohol motifs (C(OH)–C–C–N with tert-alkyl or cyclic N) is 1. The second-order valence-electron chi connectivity index (χ2n) is 8.06. The molecular weight excluding hydrogens is 397 g/mol. The Bertz CT molecular complexity index is 900. The van der Waals surface area contributed by atoms with E-state index in [0.717, 1.165) is 28.9 Å². The second kappa shape index (κ2) is 10.6. The Morgan fingerprint density at radius 3 is 2.58 bits per heavy atom. The number of likely N-dealkylation sites (tertiary alicyclic amines) is 1. The number of aliphatic hydroxyl groups excluding tert-OH is 1. The van der Waals surface area contributed by atoms with Crippen LogP contribution >= 0.6 is 0 Å².